The highest BCUT2D eigenvalue weighted by molar-refractivity contribution is 7.80. The van der Waals surface area contributed by atoms with E-state index >= 15 is 0 Å². The molecule has 0 aliphatic carbocycles. The Morgan fingerprint density at radius 3 is 2.32 bits per heavy atom. The molecule has 0 heterocycles. The number of rotatable bonds is 4. The number of esters is 1. The maximum atomic E-state index is 12.8. The molecule has 0 aromatic heterocycles. The molecule has 2 aromatic rings. The van der Waals surface area contributed by atoms with Gasteiger partial charge in [0.2, 0.25) is 5.91 Å². The predicted molar refractivity (Wildman–Crippen MR) is 97.6 cm³/mol. The van der Waals surface area contributed by atoms with E-state index in [1.807, 2.05) is 0 Å². The van der Waals surface area contributed by atoms with E-state index in [-0.39, 0.29) is 10.9 Å². The lowest BCUT2D eigenvalue weighted by molar-refractivity contribution is -0.115. The summed E-state index contributed by atoms with van der Waals surface area (Å²) in [5.74, 6) is -1.20. The lowest BCUT2D eigenvalue weighted by Gasteiger charge is -2.08. The Morgan fingerprint density at radius 1 is 1.08 bits per heavy atom. The number of hydrogen-bond acceptors (Lipinski definition) is 4. The maximum Gasteiger partial charge on any atom is 0.337 e. The molecular formula is C18H15FN2O3S. The smallest absolute Gasteiger partial charge is 0.337 e. The minimum Gasteiger partial charge on any atom is -0.465 e. The van der Waals surface area contributed by atoms with Crippen molar-refractivity contribution in [1.82, 2.24) is 5.32 Å². The van der Waals surface area contributed by atoms with E-state index in [0.717, 1.165) is 0 Å². The van der Waals surface area contributed by atoms with Gasteiger partial charge in [-0.25, -0.2) is 9.18 Å². The minimum atomic E-state index is -0.437. The molecule has 128 valence electrons. The third-order valence-corrected chi connectivity index (χ3v) is 3.30. The Morgan fingerprint density at radius 2 is 1.72 bits per heavy atom. The Kier molecular flexibility index (Phi) is 6.36. The molecule has 0 atom stereocenters. The van der Waals surface area contributed by atoms with Gasteiger partial charge in [0.25, 0.3) is 0 Å². The number of thiocarbonyl (C=S) groups is 1. The van der Waals surface area contributed by atoms with Crippen molar-refractivity contribution < 1.29 is 18.7 Å². The Bertz CT molecular complexity index is 802. The number of carbonyl (C=O) groups is 2. The second-order valence-corrected chi connectivity index (χ2v) is 5.31. The molecule has 2 N–H and O–H groups in total. The predicted octanol–water partition coefficient (Wildman–Crippen LogP) is 3.14. The molecule has 0 saturated carbocycles. The molecule has 1 amide bonds. The van der Waals surface area contributed by atoms with Gasteiger partial charge in [-0.1, -0.05) is 12.1 Å². The first-order chi connectivity index (χ1) is 12.0. The van der Waals surface area contributed by atoms with Crippen molar-refractivity contribution in [2.24, 2.45) is 0 Å². The van der Waals surface area contributed by atoms with Gasteiger partial charge in [0, 0.05) is 11.8 Å². The van der Waals surface area contributed by atoms with Crippen LogP contribution in [0.1, 0.15) is 15.9 Å². The van der Waals surface area contributed by atoms with Gasteiger partial charge in [-0.15, -0.1) is 0 Å². The fraction of sp³-hybridized carbons (Fsp3) is 0.0556. The number of hydrogen-bond donors (Lipinski definition) is 2. The first-order valence-electron chi connectivity index (χ1n) is 7.22. The lowest BCUT2D eigenvalue weighted by atomic mass is 10.2. The minimum absolute atomic E-state index is 0.111. The molecule has 25 heavy (non-hydrogen) atoms. The zero-order chi connectivity index (χ0) is 18.2. The third-order valence-electron chi connectivity index (χ3n) is 3.10. The first-order valence-corrected chi connectivity index (χ1v) is 7.63. The van der Waals surface area contributed by atoms with Gasteiger partial charge in [-0.2, -0.15) is 0 Å². The van der Waals surface area contributed by atoms with E-state index in [0.29, 0.717) is 16.8 Å². The Balaban J connectivity index is 1.87. The molecule has 0 aliphatic heterocycles. The van der Waals surface area contributed by atoms with E-state index in [1.54, 1.807) is 42.5 Å². The van der Waals surface area contributed by atoms with Gasteiger partial charge >= 0.3 is 5.97 Å². The number of ether oxygens (including phenoxy) is 1. The molecule has 0 fully saturated rings. The molecule has 0 saturated heterocycles. The number of benzene rings is 2. The first kappa shape index (κ1) is 18.3. The summed E-state index contributed by atoms with van der Waals surface area (Å²) in [5, 5.41) is 5.42. The van der Waals surface area contributed by atoms with Crippen LogP contribution in [0.4, 0.5) is 10.1 Å². The molecule has 0 unspecified atom stereocenters. The lowest BCUT2D eigenvalue weighted by Crippen LogP contribution is -2.32. The quantitative estimate of drug-likeness (QED) is 0.499. The van der Waals surface area contributed by atoms with Gasteiger partial charge in [0.05, 0.1) is 12.7 Å². The van der Waals surface area contributed by atoms with Crippen LogP contribution in [0.25, 0.3) is 6.08 Å². The maximum absolute atomic E-state index is 12.8. The highest BCUT2D eigenvalue weighted by atomic mass is 32.1. The fourth-order valence-corrected chi connectivity index (χ4v) is 2.09. The highest BCUT2D eigenvalue weighted by Gasteiger charge is 2.06. The molecule has 2 aromatic carbocycles. The van der Waals surface area contributed by atoms with Crippen LogP contribution in [-0.2, 0) is 9.53 Å². The molecule has 5 nitrogen and oxygen atoms in total. The van der Waals surface area contributed by atoms with Crippen molar-refractivity contribution in [2.75, 3.05) is 12.4 Å². The van der Waals surface area contributed by atoms with Gasteiger partial charge in [0.1, 0.15) is 5.82 Å². The second-order valence-electron chi connectivity index (χ2n) is 4.90. The summed E-state index contributed by atoms with van der Waals surface area (Å²) in [6.07, 6.45) is 2.84. The van der Waals surface area contributed by atoms with Crippen LogP contribution in [0, 0.1) is 5.82 Å². The second kappa shape index (κ2) is 8.70. The van der Waals surface area contributed by atoms with Crippen molar-refractivity contribution >= 4 is 41.0 Å². The summed E-state index contributed by atoms with van der Waals surface area (Å²) in [4.78, 5) is 23.2. The largest absolute Gasteiger partial charge is 0.465 e. The van der Waals surface area contributed by atoms with Crippen LogP contribution in [0.3, 0.4) is 0 Å². The number of nitrogens with one attached hydrogen (secondary N) is 2. The summed E-state index contributed by atoms with van der Waals surface area (Å²) in [7, 11) is 1.30. The highest BCUT2D eigenvalue weighted by Crippen LogP contribution is 2.10. The number of halogens is 1. The van der Waals surface area contributed by atoms with Gasteiger partial charge in [-0.3, -0.25) is 10.1 Å². The van der Waals surface area contributed by atoms with Crippen LogP contribution >= 0.6 is 12.2 Å². The van der Waals surface area contributed by atoms with Crippen molar-refractivity contribution in [1.29, 1.82) is 0 Å². The summed E-state index contributed by atoms with van der Waals surface area (Å²) in [6, 6.07) is 12.2. The van der Waals surface area contributed by atoms with E-state index in [4.69, 9.17) is 12.2 Å². The molecule has 0 spiro atoms. The average Bonchev–Trinajstić information content (AvgIpc) is 2.61. The van der Waals surface area contributed by atoms with Crippen molar-refractivity contribution in [2.45, 2.75) is 0 Å². The number of anilines is 1. The molecule has 0 aliphatic rings. The SMILES string of the molecule is COC(=O)c1ccc(NC(=S)NC(=O)/C=C\c2ccc(F)cc2)cc1. The Hall–Kier alpha value is -3.06. The van der Waals surface area contributed by atoms with Crippen LogP contribution in [0.15, 0.2) is 54.6 Å². The average molecular weight is 358 g/mol. The van der Waals surface area contributed by atoms with Gasteiger partial charge in [0.15, 0.2) is 5.11 Å². The van der Waals surface area contributed by atoms with Crippen molar-refractivity contribution in [3.63, 3.8) is 0 Å². The van der Waals surface area contributed by atoms with Gasteiger partial charge in [-0.05, 0) is 60.3 Å². The van der Waals surface area contributed by atoms with Gasteiger partial charge < -0.3 is 10.1 Å². The number of methoxy groups -OCH3 is 1. The van der Waals surface area contributed by atoms with E-state index in [2.05, 4.69) is 15.4 Å². The number of carbonyl (C=O) groups excluding carboxylic acids is 2. The number of amides is 1. The third kappa shape index (κ3) is 5.82. The zero-order valence-electron chi connectivity index (χ0n) is 13.3. The molecule has 0 radical (unpaired) electrons. The molecule has 2 rings (SSSR count). The van der Waals surface area contributed by atoms with E-state index < -0.39 is 11.9 Å². The fourth-order valence-electron chi connectivity index (χ4n) is 1.87. The van der Waals surface area contributed by atoms with Crippen LogP contribution < -0.4 is 10.6 Å². The zero-order valence-corrected chi connectivity index (χ0v) is 14.1. The molecule has 7 heteroatoms. The van der Waals surface area contributed by atoms with Crippen LogP contribution in [-0.4, -0.2) is 24.1 Å². The Labute approximate surface area is 149 Å². The summed E-state index contributed by atoms with van der Waals surface area (Å²) < 4.78 is 17.4. The van der Waals surface area contributed by atoms with E-state index in [1.165, 1.54) is 25.3 Å². The van der Waals surface area contributed by atoms with Crippen LogP contribution in [0.2, 0.25) is 0 Å². The van der Waals surface area contributed by atoms with Crippen LogP contribution in [0.5, 0.6) is 0 Å². The summed E-state index contributed by atoms with van der Waals surface area (Å²) in [6.45, 7) is 0. The molecular weight excluding hydrogens is 343 g/mol. The molecule has 0 bridgehead atoms. The van der Waals surface area contributed by atoms with E-state index in [9.17, 15) is 14.0 Å². The van der Waals surface area contributed by atoms with Crippen molar-refractivity contribution in [3.05, 3.63) is 71.6 Å². The monoisotopic (exact) mass is 358 g/mol. The summed E-state index contributed by atoms with van der Waals surface area (Å²) >= 11 is 5.05. The summed E-state index contributed by atoms with van der Waals surface area (Å²) in [5.41, 5.74) is 1.71. The van der Waals surface area contributed by atoms with Crippen molar-refractivity contribution in [3.8, 4) is 0 Å². The topological polar surface area (TPSA) is 67.4 Å². The normalized spacial score (nSPS) is 10.3. The standard InChI is InChI=1S/C18H15FN2O3S/c1-24-17(23)13-5-9-15(10-6-13)20-18(25)21-16(22)11-4-12-2-7-14(19)8-3-12/h2-11H,1H3,(H2,20,21,22,25)/b11-4-.